The fourth-order valence-corrected chi connectivity index (χ4v) is 8.18. The second kappa shape index (κ2) is 12.0. The number of rotatable bonds is 10. The molecule has 2 N–H and O–H groups in total. The molecule has 0 fully saturated rings. The van der Waals surface area contributed by atoms with Gasteiger partial charge in [0.25, 0.3) is 15.6 Å². The second-order valence-corrected chi connectivity index (χ2v) is 14.5. The molecule has 0 radical (unpaired) electrons. The fourth-order valence-electron chi connectivity index (χ4n) is 4.30. The van der Waals surface area contributed by atoms with E-state index in [0.29, 0.717) is 39.2 Å². The number of aromatic amines is 1. The van der Waals surface area contributed by atoms with E-state index in [-0.39, 0.29) is 27.5 Å². The van der Waals surface area contributed by atoms with E-state index in [1.807, 2.05) is 6.92 Å². The zero-order valence-electron chi connectivity index (χ0n) is 21.7. The number of halogens is 3. The number of hydrogen-bond donors (Lipinski definition) is 2. The van der Waals surface area contributed by atoms with Crippen LogP contribution < -0.4 is 16.0 Å². The molecule has 9 nitrogen and oxygen atoms in total. The molecule has 0 unspecified atom stereocenters. The van der Waals surface area contributed by atoms with Crippen molar-refractivity contribution in [1.29, 1.82) is 0 Å². The van der Waals surface area contributed by atoms with Crippen LogP contribution in [0.4, 0.5) is 10.1 Å². The van der Waals surface area contributed by atoms with Gasteiger partial charge in [0.2, 0.25) is 0 Å². The topological polar surface area (TPSA) is 119 Å². The summed E-state index contributed by atoms with van der Waals surface area (Å²) in [6, 6.07) is 14.4. The normalized spacial score (nSPS) is 11.8. The van der Waals surface area contributed by atoms with Gasteiger partial charge in [-0.15, -0.1) is 11.3 Å². The van der Waals surface area contributed by atoms with Crippen molar-refractivity contribution in [3.05, 3.63) is 106 Å². The first-order valence-corrected chi connectivity index (χ1v) is 16.5. The number of benzene rings is 2. The number of fused-ring (bicyclic) bond motifs is 1. The van der Waals surface area contributed by atoms with Gasteiger partial charge in [0.15, 0.2) is 5.65 Å². The number of anilines is 1. The summed E-state index contributed by atoms with van der Waals surface area (Å²) in [5.41, 5.74) is 0.750. The summed E-state index contributed by atoms with van der Waals surface area (Å²) >= 11 is 7.71. The van der Waals surface area contributed by atoms with Gasteiger partial charge in [-0.2, -0.15) is 0 Å². The van der Waals surface area contributed by atoms with Crippen molar-refractivity contribution in [2.75, 3.05) is 4.72 Å². The molecule has 3 heterocycles. The van der Waals surface area contributed by atoms with Crippen LogP contribution >= 0.6 is 43.2 Å². The molecule has 0 amide bonds. The first-order chi connectivity index (χ1) is 19.6. The van der Waals surface area contributed by atoms with E-state index in [1.165, 1.54) is 16.7 Å². The monoisotopic (exact) mass is 723 g/mol. The number of aryl methyl sites for hydroxylation is 1. The molecule has 0 spiro atoms. The first-order valence-electron chi connectivity index (χ1n) is 12.6. The summed E-state index contributed by atoms with van der Waals surface area (Å²) in [4.78, 5) is 34.4. The van der Waals surface area contributed by atoms with E-state index in [0.717, 1.165) is 27.9 Å². The number of hydrogen-bond acceptors (Lipinski definition) is 6. The van der Waals surface area contributed by atoms with Crippen LogP contribution in [-0.4, -0.2) is 27.5 Å². The molecule has 0 aliphatic heterocycles. The van der Waals surface area contributed by atoms with Crippen molar-refractivity contribution in [2.45, 2.75) is 43.5 Å². The number of nitrogens with one attached hydrogen (secondary N) is 2. The SMILES string of the molecule is CCCCn1c(=O)n(Cc2ccccc2F)c(=O)c2[nH]c(Cc3ccc(NS(=O)(=O)c4cc(Br)c(Br)s4)cc3)nc21. The Kier molecular flexibility index (Phi) is 8.64. The molecule has 0 aliphatic rings. The summed E-state index contributed by atoms with van der Waals surface area (Å²) in [5, 5.41) is 0. The lowest BCUT2D eigenvalue weighted by atomic mass is 10.1. The molecular formula is C27H24Br2FN5O4S2. The molecule has 0 saturated heterocycles. The largest absolute Gasteiger partial charge is 0.336 e. The van der Waals surface area contributed by atoms with E-state index < -0.39 is 27.1 Å². The number of aromatic nitrogens is 4. The van der Waals surface area contributed by atoms with Crippen molar-refractivity contribution in [1.82, 2.24) is 19.1 Å². The number of H-pyrrole nitrogens is 1. The average molecular weight is 725 g/mol. The predicted molar refractivity (Wildman–Crippen MR) is 165 cm³/mol. The molecule has 0 atom stereocenters. The summed E-state index contributed by atoms with van der Waals surface area (Å²) < 4.78 is 46.4. The minimum atomic E-state index is -3.76. The molecule has 214 valence electrons. The molecule has 0 saturated carbocycles. The van der Waals surface area contributed by atoms with Gasteiger partial charge in [-0.05, 0) is 68.1 Å². The molecule has 0 bridgehead atoms. The van der Waals surface area contributed by atoms with Crippen LogP contribution in [0.25, 0.3) is 11.2 Å². The van der Waals surface area contributed by atoms with Crippen LogP contribution in [0.2, 0.25) is 0 Å². The summed E-state index contributed by atoms with van der Waals surface area (Å²) in [6.07, 6.45) is 1.84. The highest BCUT2D eigenvalue weighted by molar-refractivity contribution is 9.13. The Morgan fingerprint density at radius 1 is 1.07 bits per heavy atom. The first kappa shape index (κ1) is 29.4. The van der Waals surface area contributed by atoms with E-state index in [2.05, 4.69) is 46.5 Å². The van der Waals surface area contributed by atoms with Crippen molar-refractivity contribution in [3.63, 3.8) is 0 Å². The van der Waals surface area contributed by atoms with Crippen LogP contribution in [0, 0.1) is 5.82 Å². The van der Waals surface area contributed by atoms with Gasteiger partial charge in [-0.1, -0.05) is 43.7 Å². The van der Waals surface area contributed by atoms with E-state index >= 15 is 0 Å². The third kappa shape index (κ3) is 6.25. The summed E-state index contributed by atoms with van der Waals surface area (Å²) in [5.74, 6) is -0.0295. The number of imidazole rings is 1. The Morgan fingerprint density at radius 3 is 2.46 bits per heavy atom. The second-order valence-electron chi connectivity index (χ2n) is 9.32. The lowest BCUT2D eigenvalue weighted by Gasteiger charge is -2.11. The van der Waals surface area contributed by atoms with Gasteiger partial charge < -0.3 is 4.98 Å². The number of nitrogens with zero attached hydrogens (tertiary/aromatic N) is 3. The van der Waals surface area contributed by atoms with Crippen LogP contribution in [0.5, 0.6) is 0 Å². The van der Waals surface area contributed by atoms with Gasteiger partial charge in [-0.3, -0.25) is 18.7 Å². The van der Waals surface area contributed by atoms with E-state index in [4.69, 9.17) is 0 Å². The zero-order valence-corrected chi connectivity index (χ0v) is 26.5. The summed E-state index contributed by atoms with van der Waals surface area (Å²) in [7, 11) is -3.76. The van der Waals surface area contributed by atoms with E-state index in [9.17, 15) is 22.4 Å². The molecule has 41 heavy (non-hydrogen) atoms. The Hall–Kier alpha value is -3.07. The van der Waals surface area contributed by atoms with Crippen LogP contribution in [0.3, 0.4) is 0 Å². The average Bonchev–Trinajstić information content (AvgIpc) is 3.51. The number of thiophene rings is 1. The maximum Gasteiger partial charge on any atom is 0.333 e. The van der Waals surface area contributed by atoms with Crippen LogP contribution in [0.15, 0.2) is 76.7 Å². The van der Waals surface area contributed by atoms with Crippen molar-refractivity contribution >= 4 is 70.1 Å². The third-order valence-corrected chi connectivity index (χ3v) is 11.5. The lowest BCUT2D eigenvalue weighted by Crippen LogP contribution is -2.40. The Labute approximate surface area is 255 Å². The lowest BCUT2D eigenvalue weighted by molar-refractivity contribution is 0.553. The van der Waals surface area contributed by atoms with E-state index in [1.54, 1.807) is 42.5 Å². The van der Waals surface area contributed by atoms with Gasteiger partial charge in [-0.25, -0.2) is 22.6 Å². The van der Waals surface area contributed by atoms with Crippen LogP contribution in [0.1, 0.15) is 36.7 Å². The molecule has 3 aromatic heterocycles. The maximum absolute atomic E-state index is 14.3. The van der Waals surface area contributed by atoms with Crippen LogP contribution in [-0.2, 0) is 29.5 Å². The molecule has 2 aromatic carbocycles. The van der Waals surface area contributed by atoms with Crippen molar-refractivity contribution < 1.29 is 12.8 Å². The van der Waals surface area contributed by atoms with Gasteiger partial charge in [0.05, 0.1) is 10.3 Å². The highest BCUT2D eigenvalue weighted by Gasteiger charge is 2.20. The van der Waals surface area contributed by atoms with Crippen molar-refractivity contribution in [2.24, 2.45) is 0 Å². The highest BCUT2D eigenvalue weighted by atomic mass is 79.9. The fraction of sp³-hybridized carbons (Fsp3) is 0.222. The summed E-state index contributed by atoms with van der Waals surface area (Å²) in [6.45, 7) is 2.16. The Bertz CT molecular complexity index is 1940. The maximum atomic E-state index is 14.3. The quantitative estimate of drug-likeness (QED) is 0.187. The molecule has 14 heteroatoms. The molecular weight excluding hydrogens is 701 g/mol. The molecule has 5 rings (SSSR count). The van der Waals surface area contributed by atoms with Crippen molar-refractivity contribution in [3.8, 4) is 0 Å². The highest BCUT2D eigenvalue weighted by Crippen LogP contribution is 2.35. The number of sulfonamides is 1. The minimum Gasteiger partial charge on any atom is -0.336 e. The Balaban J connectivity index is 1.43. The Morgan fingerprint density at radius 2 is 1.80 bits per heavy atom. The zero-order chi connectivity index (χ0) is 29.3. The standard InChI is InChI=1S/C27H24Br2FN5O4S2/c1-2-3-12-34-25-23(26(36)35(27(34)37)15-17-6-4-5-7-20(17)30)31-21(32-25)13-16-8-10-18(11-9-16)33-41(38,39)22-14-19(28)24(29)40-22/h4-11,14,33H,2-3,12-13,15H2,1H3,(H,31,32). The minimum absolute atomic E-state index is 0.164. The van der Waals surface area contributed by atoms with Gasteiger partial charge in [0.1, 0.15) is 21.4 Å². The molecule has 5 aromatic rings. The van der Waals surface area contributed by atoms with Gasteiger partial charge >= 0.3 is 5.69 Å². The third-order valence-electron chi connectivity index (χ3n) is 6.40. The predicted octanol–water partition coefficient (Wildman–Crippen LogP) is 5.85. The van der Waals surface area contributed by atoms with Gasteiger partial charge in [0, 0.05) is 28.7 Å². The number of unbranched alkanes of at least 4 members (excludes halogenated alkanes) is 1. The smallest absolute Gasteiger partial charge is 0.333 e. The molecule has 0 aliphatic carbocycles.